The Balaban J connectivity index is 1.49. The quantitative estimate of drug-likeness (QED) is 0.116. The third kappa shape index (κ3) is 7.11. The highest BCUT2D eigenvalue weighted by molar-refractivity contribution is 7.24. The molecule has 1 amide bonds. The van der Waals surface area contributed by atoms with Crippen LogP contribution in [0, 0.1) is 0 Å². The monoisotopic (exact) mass is 720 g/mol. The van der Waals surface area contributed by atoms with Gasteiger partial charge in [0.15, 0.2) is 5.60 Å². The molecule has 0 bridgehead atoms. The summed E-state index contributed by atoms with van der Waals surface area (Å²) in [6, 6.07) is 7.88. The highest BCUT2D eigenvalue weighted by atomic mass is 31.1. The highest BCUT2D eigenvalue weighted by Gasteiger charge is 2.45. The number of nitrogens with zero attached hydrogens (tertiary/aromatic N) is 3. The predicted octanol–water partition coefficient (Wildman–Crippen LogP) is 6.26. The molecule has 1 saturated carbocycles. The lowest BCUT2D eigenvalue weighted by atomic mass is 9.74. The third-order valence-electron chi connectivity index (χ3n) is 8.96. The average molecular weight is 721 g/mol. The van der Waals surface area contributed by atoms with E-state index in [-0.39, 0.29) is 67.2 Å². The lowest BCUT2D eigenvalue weighted by Gasteiger charge is -2.33. The standard InChI is InChI=1S/C33H37F3N5O8P/c1-5-48-33(50-46,49-6-2)19-7-9-23(25(15-19)47-4)39-30-37-16-22(32(34,35)36)27(40-30)38-24-10-8-20(21-17-41(3)28(42)26(21)24)18-11-13-31(45,14-12-18)29(43)44/h7-10,15-16,18,45H,5-6,11-14,17H2,1-4H3,(H,43,44)(H2,37,38,39,40)/p+1. The SMILES string of the molecule is CCOC(OCC)([PH+]=O)c1ccc(Nc2ncc(C(F)(F)F)c(Nc3ccc(C4CCC(O)(C(=O)O)CC4)c4c3C(=O)N(C)C4)n2)c(OC)c1. The van der Waals surface area contributed by atoms with Crippen LogP contribution in [0.1, 0.15) is 78.1 Å². The van der Waals surface area contributed by atoms with E-state index in [4.69, 9.17) is 14.2 Å². The van der Waals surface area contributed by atoms with Gasteiger partial charge in [0.2, 0.25) is 5.95 Å². The van der Waals surface area contributed by atoms with Crippen LogP contribution in [-0.2, 0) is 37.1 Å². The summed E-state index contributed by atoms with van der Waals surface area (Å²) in [5.74, 6) is -2.44. The first kappa shape index (κ1) is 36.9. The number of ether oxygens (including phenoxy) is 3. The summed E-state index contributed by atoms with van der Waals surface area (Å²) in [6.45, 7) is 4.08. The van der Waals surface area contributed by atoms with Crippen LogP contribution in [0.5, 0.6) is 5.75 Å². The number of carbonyl (C=O) groups is 2. The van der Waals surface area contributed by atoms with Crippen LogP contribution in [0.25, 0.3) is 0 Å². The van der Waals surface area contributed by atoms with Crippen molar-refractivity contribution in [1.82, 2.24) is 14.9 Å². The number of methoxy groups -OCH3 is 1. The second kappa shape index (κ2) is 14.5. The fourth-order valence-electron chi connectivity index (χ4n) is 6.41. The number of anilines is 4. The molecular formula is C33H38F3N5O8P+. The maximum Gasteiger partial charge on any atom is 0.421 e. The van der Waals surface area contributed by atoms with Gasteiger partial charge in [0.1, 0.15) is 17.1 Å². The Morgan fingerprint density at radius 3 is 2.34 bits per heavy atom. The fraction of sp³-hybridized carbons (Fsp3) is 0.455. The van der Waals surface area contributed by atoms with Gasteiger partial charge in [0.25, 0.3) is 5.91 Å². The van der Waals surface area contributed by atoms with Gasteiger partial charge in [-0.15, -0.1) is 0 Å². The highest BCUT2D eigenvalue weighted by Crippen LogP contribution is 2.45. The molecule has 4 N–H and O–H groups in total. The number of aliphatic hydroxyl groups is 1. The molecule has 0 spiro atoms. The molecule has 50 heavy (non-hydrogen) atoms. The second-order valence-electron chi connectivity index (χ2n) is 12.0. The molecule has 3 aromatic rings. The van der Waals surface area contributed by atoms with Crippen molar-refractivity contribution in [3.8, 4) is 5.75 Å². The molecule has 2 aliphatic rings. The van der Waals surface area contributed by atoms with Gasteiger partial charge in [-0.3, -0.25) is 4.79 Å². The lowest BCUT2D eigenvalue weighted by molar-refractivity contribution is -0.176. The first-order valence-electron chi connectivity index (χ1n) is 15.9. The number of fused-ring (bicyclic) bond motifs is 1. The summed E-state index contributed by atoms with van der Waals surface area (Å²) >= 11 is 0. The van der Waals surface area contributed by atoms with Crippen molar-refractivity contribution in [3.63, 3.8) is 0 Å². The zero-order chi connectivity index (χ0) is 36.4. The summed E-state index contributed by atoms with van der Waals surface area (Å²) < 4.78 is 71.8. The number of halogens is 3. The van der Waals surface area contributed by atoms with Crippen LogP contribution in [-0.4, -0.2) is 69.9 Å². The van der Waals surface area contributed by atoms with E-state index in [1.165, 1.54) is 30.2 Å². The summed E-state index contributed by atoms with van der Waals surface area (Å²) in [5, 5.41) is 25.4. The number of carboxylic acid groups (broad SMARTS) is 1. The Hall–Kier alpha value is -4.37. The van der Waals surface area contributed by atoms with Gasteiger partial charge in [-0.1, -0.05) is 10.6 Å². The van der Waals surface area contributed by atoms with Gasteiger partial charge >= 0.3 is 26.1 Å². The third-order valence-corrected chi connectivity index (χ3v) is 9.81. The van der Waals surface area contributed by atoms with Crippen molar-refractivity contribution >= 4 is 43.5 Å². The number of aliphatic carboxylic acids is 1. The van der Waals surface area contributed by atoms with Gasteiger partial charge in [0.05, 0.1) is 42.8 Å². The summed E-state index contributed by atoms with van der Waals surface area (Å²) in [6.07, 6.45) is -3.44. The van der Waals surface area contributed by atoms with Crippen molar-refractivity contribution in [1.29, 1.82) is 0 Å². The van der Waals surface area contributed by atoms with E-state index in [0.717, 1.165) is 5.56 Å². The van der Waals surface area contributed by atoms with Crippen LogP contribution in [0.15, 0.2) is 36.5 Å². The number of amides is 1. The molecule has 1 unspecified atom stereocenters. The van der Waals surface area contributed by atoms with Crippen LogP contribution in [0.2, 0.25) is 0 Å². The maximum atomic E-state index is 14.2. The van der Waals surface area contributed by atoms with E-state index >= 15 is 0 Å². The zero-order valence-electron chi connectivity index (χ0n) is 27.8. The normalized spacial score (nSPS) is 19.4. The number of benzene rings is 2. The second-order valence-corrected chi connectivity index (χ2v) is 12.9. The van der Waals surface area contributed by atoms with Gasteiger partial charge in [-0.25, -0.2) is 9.78 Å². The molecule has 1 atom stereocenters. The minimum Gasteiger partial charge on any atom is -0.495 e. The molecule has 5 rings (SSSR count). The number of aromatic nitrogens is 2. The lowest BCUT2D eigenvalue weighted by Crippen LogP contribution is -2.41. The molecule has 0 radical (unpaired) electrons. The zero-order valence-corrected chi connectivity index (χ0v) is 28.8. The number of nitrogens with one attached hydrogen (secondary N) is 2. The molecule has 1 fully saturated rings. The maximum absolute atomic E-state index is 14.2. The molecule has 1 aromatic heterocycles. The molecule has 1 aliphatic heterocycles. The molecule has 13 nitrogen and oxygen atoms in total. The van der Waals surface area contributed by atoms with E-state index in [2.05, 4.69) is 20.6 Å². The van der Waals surface area contributed by atoms with Crippen molar-refractivity contribution < 1.29 is 51.7 Å². The number of hydrogen-bond donors (Lipinski definition) is 4. The summed E-state index contributed by atoms with van der Waals surface area (Å²) in [5.41, 5.74) is -2.16. The number of carbonyl (C=O) groups excluding carboxylic acids is 1. The molecule has 2 heterocycles. The topological polar surface area (TPSA) is 172 Å². The number of alkyl halides is 3. The molecule has 17 heteroatoms. The number of rotatable bonds is 13. The Morgan fingerprint density at radius 1 is 1.10 bits per heavy atom. The summed E-state index contributed by atoms with van der Waals surface area (Å²) in [7, 11) is 1.94. The first-order valence-corrected chi connectivity index (χ1v) is 16.8. The van der Waals surface area contributed by atoms with E-state index in [1.807, 2.05) is 0 Å². The number of hydrogen-bond acceptors (Lipinski definition) is 11. The number of carboxylic acids is 1. The summed E-state index contributed by atoms with van der Waals surface area (Å²) in [4.78, 5) is 34.4. The Bertz CT molecular complexity index is 1780. The van der Waals surface area contributed by atoms with Crippen LogP contribution in [0.3, 0.4) is 0 Å². The largest absolute Gasteiger partial charge is 0.495 e. The van der Waals surface area contributed by atoms with Crippen molar-refractivity contribution in [2.45, 2.75) is 69.3 Å². The molecular weight excluding hydrogens is 682 g/mol. The van der Waals surface area contributed by atoms with Gasteiger partial charge in [-0.05, 0) is 80.8 Å². The minimum absolute atomic E-state index is 0.0314. The van der Waals surface area contributed by atoms with E-state index in [1.54, 1.807) is 33.0 Å². The minimum atomic E-state index is -4.85. The molecule has 1 aliphatic carbocycles. The van der Waals surface area contributed by atoms with Gasteiger partial charge in [-0.2, -0.15) is 18.2 Å². The van der Waals surface area contributed by atoms with E-state index < -0.39 is 49.0 Å². The Kier molecular flexibility index (Phi) is 10.7. The Morgan fingerprint density at radius 2 is 1.76 bits per heavy atom. The van der Waals surface area contributed by atoms with Gasteiger partial charge < -0.3 is 40.0 Å². The smallest absolute Gasteiger partial charge is 0.421 e. The van der Waals surface area contributed by atoms with E-state index in [0.29, 0.717) is 30.2 Å². The molecule has 2 aromatic carbocycles. The average Bonchev–Trinajstić information content (AvgIpc) is 3.38. The van der Waals surface area contributed by atoms with Crippen LogP contribution >= 0.6 is 8.46 Å². The van der Waals surface area contributed by atoms with Crippen LogP contribution < -0.4 is 15.4 Å². The van der Waals surface area contributed by atoms with E-state index in [9.17, 15) is 37.5 Å². The van der Waals surface area contributed by atoms with Crippen molar-refractivity contribution in [2.24, 2.45) is 0 Å². The predicted molar refractivity (Wildman–Crippen MR) is 177 cm³/mol. The van der Waals surface area contributed by atoms with Gasteiger partial charge in [0, 0.05) is 19.8 Å². The van der Waals surface area contributed by atoms with Crippen molar-refractivity contribution in [2.75, 3.05) is 38.0 Å². The molecule has 268 valence electrons. The van der Waals surface area contributed by atoms with Crippen LogP contribution in [0.4, 0.5) is 36.3 Å². The van der Waals surface area contributed by atoms with Crippen molar-refractivity contribution in [3.05, 3.63) is 64.3 Å². The Labute approximate surface area is 287 Å². The first-order chi connectivity index (χ1) is 23.7. The molecule has 0 saturated heterocycles. The fourth-order valence-corrected chi connectivity index (χ4v) is 7.09.